The van der Waals surface area contributed by atoms with E-state index >= 15 is 0 Å². The van der Waals surface area contributed by atoms with Crippen LogP contribution in [0.2, 0.25) is 0 Å². The summed E-state index contributed by atoms with van der Waals surface area (Å²) in [4.78, 5) is 14.1. The molecule has 0 spiro atoms. The van der Waals surface area contributed by atoms with Gasteiger partial charge in [-0.3, -0.25) is 0 Å². The van der Waals surface area contributed by atoms with E-state index in [1.165, 1.54) is 6.42 Å². The first-order chi connectivity index (χ1) is 9.96. The summed E-state index contributed by atoms with van der Waals surface area (Å²) >= 11 is 0. The first-order valence-corrected chi connectivity index (χ1v) is 8.26. The maximum Gasteiger partial charge on any atom is 0.410 e. The van der Waals surface area contributed by atoms with Crippen LogP contribution in [0.1, 0.15) is 52.9 Å². The zero-order chi connectivity index (χ0) is 15.3. The van der Waals surface area contributed by atoms with Gasteiger partial charge in [-0.25, -0.2) is 4.79 Å². The van der Waals surface area contributed by atoms with Gasteiger partial charge >= 0.3 is 6.09 Å². The number of rotatable bonds is 3. The number of nitrogens with zero attached hydrogens (tertiary/aromatic N) is 1. The SMILES string of the molecule is CC(C)(C)OC(=O)N1CCCC1CNC1CCCOCC1. The van der Waals surface area contributed by atoms with Crippen LogP contribution in [0.5, 0.6) is 0 Å². The Bertz CT molecular complexity index is 333. The number of ether oxygens (including phenoxy) is 2. The third-order valence-electron chi connectivity index (χ3n) is 4.10. The Morgan fingerprint density at radius 2 is 2.05 bits per heavy atom. The second-order valence-electron chi connectivity index (χ2n) is 7.12. The Hall–Kier alpha value is -0.810. The first-order valence-electron chi connectivity index (χ1n) is 8.26. The molecule has 0 aromatic carbocycles. The number of likely N-dealkylation sites (tertiary alicyclic amines) is 1. The predicted molar refractivity (Wildman–Crippen MR) is 82.4 cm³/mol. The Morgan fingerprint density at radius 3 is 2.81 bits per heavy atom. The van der Waals surface area contributed by atoms with Crippen molar-refractivity contribution in [1.82, 2.24) is 10.2 Å². The predicted octanol–water partition coefficient (Wildman–Crippen LogP) is 2.54. The molecule has 2 rings (SSSR count). The van der Waals surface area contributed by atoms with E-state index in [-0.39, 0.29) is 12.1 Å². The minimum Gasteiger partial charge on any atom is -0.444 e. The highest BCUT2D eigenvalue weighted by molar-refractivity contribution is 5.69. The third kappa shape index (κ3) is 5.47. The first kappa shape index (κ1) is 16.6. The lowest BCUT2D eigenvalue weighted by Crippen LogP contribution is -2.46. The van der Waals surface area contributed by atoms with Gasteiger partial charge in [-0.1, -0.05) is 0 Å². The standard InChI is InChI=1S/C16H30N2O3/c1-16(2,3)21-15(19)18-9-4-7-14(18)12-17-13-6-5-10-20-11-8-13/h13-14,17H,4-12H2,1-3H3. The lowest BCUT2D eigenvalue weighted by atomic mass is 10.1. The number of amides is 1. The summed E-state index contributed by atoms with van der Waals surface area (Å²) in [6.45, 7) is 9.15. The highest BCUT2D eigenvalue weighted by Crippen LogP contribution is 2.21. The number of carbonyl (C=O) groups excluding carboxylic acids is 1. The van der Waals surface area contributed by atoms with Crippen LogP contribution in [0.3, 0.4) is 0 Å². The quantitative estimate of drug-likeness (QED) is 0.870. The van der Waals surface area contributed by atoms with Gasteiger partial charge in [0.15, 0.2) is 0 Å². The van der Waals surface area contributed by atoms with Crippen molar-refractivity contribution >= 4 is 6.09 Å². The molecule has 2 heterocycles. The molecule has 2 aliphatic rings. The minimum absolute atomic E-state index is 0.170. The summed E-state index contributed by atoms with van der Waals surface area (Å²) < 4.78 is 11.0. The van der Waals surface area contributed by atoms with Crippen LogP contribution in [0.25, 0.3) is 0 Å². The monoisotopic (exact) mass is 298 g/mol. The van der Waals surface area contributed by atoms with Crippen LogP contribution in [0.15, 0.2) is 0 Å². The number of hydrogen-bond donors (Lipinski definition) is 1. The smallest absolute Gasteiger partial charge is 0.410 e. The molecule has 0 saturated carbocycles. The van der Waals surface area contributed by atoms with E-state index in [1.807, 2.05) is 25.7 Å². The molecule has 2 atom stereocenters. The lowest BCUT2D eigenvalue weighted by molar-refractivity contribution is 0.0224. The van der Waals surface area contributed by atoms with Crippen molar-refractivity contribution in [2.45, 2.75) is 70.6 Å². The van der Waals surface area contributed by atoms with Gasteiger partial charge in [0, 0.05) is 38.4 Å². The largest absolute Gasteiger partial charge is 0.444 e. The fraction of sp³-hybridized carbons (Fsp3) is 0.938. The number of hydrogen-bond acceptors (Lipinski definition) is 4. The van der Waals surface area contributed by atoms with E-state index < -0.39 is 5.60 Å². The van der Waals surface area contributed by atoms with Crippen LogP contribution >= 0.6 is 0 Å². The number of nitrogens with one attached hydrogen (secondary N) is 1. The van der Waals surface area contributed by atoms with Gasteiger partial charge in [-0.2, -0.15) is 0 Å². The van der Waals surface area contributed by atoms with Gasteiger partial charge in [0.25, 0.3) is 0 Å². The van der Waals surface area contributed by atoms with Crippen LogP contribution < -0.4 is 5.32 Å². The molecule has 1 N–H and O–H groups in total. The molecule has 2 saturated heterocycles. The lowest BCUT2D eigenvalue weighted by Gasteiger charge is -2.29. The topological polar surface area (TPSA) is 50.8 Å². The molecule has 2 fully saturated rings. The summed E-state index contributed by atoms with van der Waals surface area (Å²) in [5, 5.41) is 3.62. The molecule has 0 bridgehead atoms. The van der Waals surface area contributed by atoms with Gasteiger partial charge in [0.1, 0.15) is 5.60 Å². The Kier molecular flexibility index (Phi) is 5.88. The summed E-state index contributed by atoms with van der Waals surface area (Å²) in [5.74, 6) is 0. The molecule has 0 aromatic heterocycles. The molecule has 5 heteroatoms. The Morgan fingerprint density at radius 1 is 1.24 bits per heavy atom. The van der Waals surface area contributed by atoms with Crippen molar-refractivity contribution in [3.8, 4) is 0 Å². The van der Waals surface area contributed by atoms with E-state index in [4.69, 9.17) is 9.47 Å². The van der Waals surface area contributed by atoms with Crippen LogP contribution in [-0.2, 0) is 9.47 Å². The zero-order valence-corrected chi connectivity index (χ0v) is 13.7. The maximum atomic E-state index is 12.2. The van der Waals surface area contributed by atoms with E-state index in [2.05, 4.69) is 5.32 Å². The molecule has 2 aliphatic heterocycles. The van der Waals surface area contributed by atoms with E-state index in [0.717, 1.165) is 52.0 Å². The van der Waals surface area contributed by atoms with Crippen LogP contribution in [0.4, 0.5) is 4.79 Å². The second-order valence-corrected chi connectivity index (χ2v) is 7.12. The molecule has 1 amide bonds. The minimum atomic E-state index is -0.420. The Balaban J connectivity index is 1.79. The fourth-order valence-electron chi connectivity index (χ4n) is 3.02. The summed E-state index contributed by atoms with van der Waals surface area (Å²) in [5.41, 5.74) is -0.420. The van der Waals surface area contributed by atoms with Crippen molar-refractivity contribution in [2.75, 3.05) is 26.3 Å². The van der Waals surface area contributed by atoms with Crippen LogP contribution in [-0.4, -0.2) is 55.0 Å². The molecule has 21 heavy (non-hydrogen) atoms. The fourth-order valence-corrected chi connectivity index (χ4v) is 3.02. The van der Waals surface area contributed by atoms with Gasteiger partial charge in [0.2, 0.25) is 0 Å². The molecule has 0 aliphatic carbocycles. The van der Waals surface area contributed by atoms with E-state index in [1.54, 1.807) is 0 Å². The average Bonchev–Trinajstić information content (AvgIpc) is 2.70. The van der Waals surface area contributed by atoms with Gasteiger partial charge < -0.3 is 19.7 Å². The molecule has 0 aromatic rings. The van der Waals surface area contributed by atoms with Crippen molar-refractivity contribution in [3.05, 3.63) is 0 Å². The molecule has 0 radical (unpaired) electrons. The van der Waals surface area contributed by atoms with Crippen molar-refractivity contribution in [3.63, 3.8) is 0 Å². The van der Waals surface area contributed by atoms with Gasteiger partial charge in [-0.15, -0.1) is 0 Å². The maximum absolute atomic E-state index is 12.2. The molecule has 5 nitrogen and oxygen atoms in total. The van der Waals surface area contributed by atoms with Gasteiger partial charge in [0.05, 0.1) is 0 Å². The van der Waals surface area contributed by atoms with Gasteiger partial charge in [-0.05, 0) is 52.9 Å². The Labute approximate surface area is 128 Å². The second kappa shape index (κ2) is 7.45. The summed E-state index contributed by atoms with van der Waals surface area (Å²) in [7, 11) is 0. The highest BCUT2D eigenvalue weighted by Gasteiger charge is 2.32. The highest BCUT2D eigenvalue weighted by atomic mass is 16.6. The zero-order valence-electron chi connectivity index (χ0n) is 13.7. The molecular formula is C16H30N2O3. The normalized spacial score (nSPS) is 27.5. The summed E-state index contributed by atoms with van der Waals surface area (Å²) in [6.07, 6.45) is 5.32. The van der Waals surface area contributed by atoms with E-state index in [0.29, 0.717) is 6.04 Å². The van der Waals surface area contributed by atoms with Crippen LogP contribution in [0, 0.1) is 0 Å². The molecule has 122 valence electrons. The van der Waals surface area contributed by atoms with Crippen molar-refractivity contribution in [2.24, 2.45) is 0 Å². The number of carbonyl (C=O) groups is 1. The molecule has 2 unspecified atom stereocenters. The van der Waals surface area contributed by atoms with E-state index in [9.17, 15) is 4.79 Å². The average molecular weight is 298 g/mol. The van der Waals surface area contributed by atoms with Crippen molar-refractivity contribution in [1.29, 1.82) is 0 Å². The third-order valence-corrected chi connectivity index (χ3v) is 4.10. The molecular weight excluding hydrogens is 268 g/mol. The summed E-state index contributed by atoms with van der Waals surface area (Å²) in [6, 6.07) is 0.789. The van der Waals surface area contributed by atoms with Crippen molar-refractivity contribution < 1.29 is 14.3 Å².